The molecule has 2 fully saturated rings. The molecule has 9 nitrogen and oxygen atoms in total. The normalized spacial score (nSPS) is 24.1. The first-order valence-corrected chi connectivity index (χ1v) is 17.8. The highest BCUT2D eigenvalue weighted by Gasteiger charge is 2.49. The molecule has 41 heavy (non-hydrogen) atoms. The van der Waals surface area contributed by atoms with E-state index in [1.54, 1.807) is 0 Å². The van der Waals surface area contributed by atoms with Crippen LogP contribution in [-0.2, 0) is 22.5 Å². The maximum atomic E-state index is 12.4. The SMILES string of the molecule is C[C@@H]1[C@@H]([Si](C)(C)O)[C@H](CCn2cc(C(CO)c3ccccc3)nn2)O[C@@H]1CCc1cccc(N2CCNCC2=O)c1. The monoisotopic (exact) mass is 577 g/mol. The number of hydrogen-bond acceptors (Lipinski definition) is 7. The third-order valence-corrected chi connectivity index (χ3v) is 11.2. The molecule has 0 bridgehead atoms. The van der Waals surface area contributed by atoms with Crippen molar-refractivity contribution in [1.82, 2.24) is 20.3 Å². The smallest absolute Gasteiger partial charge is 0.240 e. The number of carbonyl (C=O) groups is 1. The molecule has 1 aromatic heterocycles. The molecule has 220 valence electrons. The molecule has 0 aliphatic carbocycles. The Hall–Kier alpha value is -2.89. The summed E-state index contributed by atoms with van der Waals surface area (Å²) in [6.07, 6.45) is 4.36. The first-order chi connectivity index (χ1) is 19.7. The van der Waals surface area contributed by atoms with E-state index in [1.807, 2.05) is 71.3 Å². The molecule has 0 spiro atoms. The van der Waals surface area contributed by atoms with Gasteiger partial charge >= 0.3 is 0 Å². The molecule has 2 saturated heterocycles. The van der Waals surface area contributed by atoms with Crippen LogP contribution in [0.5, 0.6) is 0 Å². The maximum absolute atomic E-state index is 12.4. The predicted molar refractivity (Wildman–Crippen MR) is 161 cm³/mol. The van der Waals surface area contributed by atoms with Crippen molar-refractivity contribution in [3.63, 3.8) is 0 Å². The van der Waals surface area contributed by atoms with Crippen LogP contribution in [0.2, 0.25) is 18.6 Å². The number of aliphatic hydroxyl groups is 1. The number of amides is 1. The summed E-state index contributed by atoms with van der Waals surface area (Å²) in [6.45, 7) is 8.71. The maximum Gasteiger partial charge on any atom is 0.240 e. The zero-order valence-electron chi connectivity index (χ0n) is 24.3. The van der Waals surface area contributed by atoms with Crippen molar-refractivity contribution in [3.8, 4) is 0 Å². The number of anilines is 1. The van der Waals surface area contributed by atoms with Crippen LogP contribution >= 0.6 is 0 Å². The van der Waals surface area contributed by atoms with Crippen LogP contribution in [0.1, 0.15) is 42.5 Å². The fourth-order valence-corrected chi connectivity index (χ4v) is 9.30. The zero-order valence-corrected chi connectivity index (χ0v) is 25.3. The highest BCUT2D eigenvalue weighted by molar-refractivity contribution is 6.71. The summed E-state index contributed by atoms with van der Waals surface area (Å²) in [6, 6.07) is 18.1. The minimum atomic E-state index is -2.49. The third-order valence-electron chi connectivity index (χ3n) is 8.69. The van der Waals surface area contributed by atoms with Gasteiger partial charge in [-0.3, -0.25) is 9.48 Å². The number of benzene rings is 2. The van der Waals surface area contributed by atoms with Gasteiger partial charge in [-0.05, 0) is 61.5 Å². The van der Waals surface area contributed by atoms with Crippen molar-refractivity contribution in [2.75, 3.05) is 31.1 Å². The Morgan fingerprint density at radius 2 is 1.93 bits per heavy atom. The van der Waals surface area contributed by atoms with Crippen molar-refractivity contribution in [1.29, 1.82) is 0 Å². The van der Waals surface area contributed by atoms with Crippen LogP contribution in [-0.4, -0.2) is 77.6 Å². The van der Waals surface area contributed by atoms with E-state index in [2.05, 4.69) is 34.7 Å². The Balaban J connectivity index is 1.22. The van der Waals surface area contributed by atoms with E-state index in [1.165, 1.54) is 5.56 Å². The average Bonchev–Trinajstić information content (AvgIpc) is 3.56. The standard InChI is InChI=1S/C31H43N5O4Si/c1-22-28(13-12-23-8-7-11-25(18-23)36-17-15-32-19-30(36)38)40-29(31(22)41(2,3)39)14-16-35-20-27(33-34-35)26(21-37)24-9-5-4-6-10-24/h4-11,18,20,22,26,28-29,31-32,37,39H,12-17,19,21H2,1-3H3/t22-,26?,28+,29-,31+/m0/s1. The number of aryl methyl sites for hydroxylation is 2. The lowest BCUT2D eigenvalue weighted by atomic mass is 9.95. The second-order valence-electron chi connectivity index (χ2n) is 12.0. The van der Waals surface area contributed by atoms with E-state index in [0.717, 1.165) is 42.8 Å². The van der Waals surface area contributed by atoms with Gasteiger partial charge in [0.1, 0.15) is 0 Å². The Bertz CT molecular complexity index is 1300. The summed E-state index contributed by atoms with van der Waals surface area (Å²) in [4.78, 5) is 25.5. The van der Waals surface area contributed by atoms with Crippen molar-refractivity contribution < 1.29 is 19.4 Å². The van der Waals surface area contributed by atoms with Gasteiger partial charge in [-0.15, -0.1) is 5.10 Å². The largest absolute Gasteiger partial charge is 0.432 e. The summed E-state index contributed by atoms with van der Waals surface area (Å²) in [7, 11) is -2.49. The molecule has 2 aliphatic rings. The number of nitrogens with zero attached hydrogens (tertiary/aromatic N) is 4. The number of ether oxygens (including phenoxy) is 1. The molecule has 0 radical (unpaired) electrons. The van der Waals surface area contributed by atoms with E-state index in [-0.39, 0.29) is 42.1 Å². The Kier molecular flexibility index (Phi) is 9.35. The van der Waals surface area contributed by atoms with Crippen molar-refractivity contribution >= 4 is 19.9 Å². The number of piperazine rings is 1. The molecular weight excluding hydrogens is 534 g/mol. The van der Waals surface area contributed by atoms with Crippen LogP contribution in [0, 0.1) is 5.92 Å². The molecule has 1 amide bonds. The van der Waals surface area contributed by atoms with Crippen LogP contribution in [0.4, 0.5) is 5.69 Å². The lowest BCUT2D eigenvalue weighted by molar-refractivity contribution is -0.118. The predicted octanol–water partition coefficient (Wildman–Crippen LogP) is 3.33. The van der Waals surface area contributed by atoms with Gasteiger partial charge in [0.05, 0.1) is 37.0 Å². The molecule has 2 aliphatic heterocycles. The Morgan fingerprint density at radius 3 is 2.66 bits per heavy atom. The first-order valence-electron chi connectivity index (χ1n) is 14.8. The van der Waals surface area contributed by atoms with E-state index < -0.39 is 8.32 Å². The van der Waals surface area contributed by atoms with Crippen LogP contribution in [0.25, 0.3) is 0 Å². The molecule has 3 aromatic rings. The van der Waals surface area contributed by atoms with Crippen molar-refractivity contribution in [2.45, 2.75) is 69.5 Å². The number of aromatic nitrogens is 3. The molecule has 0 saturated carbocycles. The highest BCUT2D eigenvalue weighted by atomic mass is 28.4. The summed E-state index contributed by atoms with van der Waals surface area (Å²) < 4.78 is 8.49. The molecule has 3 heterocycles. The third kappa shape index (κ3) is 6.95. The second-order valence-corrected chi connectivity index (χ2v) is 16.0. The highest BCUT2D eigenvalue weighted by Crippen LogP contribution is 2.45. The van der Waals surface area contributed by atoms with E-state index in [9.17, 15) is 14.7 Å². The number of hydrogen-bond donors (Lipinski definition) is 3. The quantitative estimate of drug-likeness (QED) is 0.300. The lowest BCUT2D eigenvalue weighted by Gasteiger charge is -2.30. The lowest BCUT2D eigenvalue weighted by Crippen LogP contribution is -2.48. The summed E-state index contributed by atoms with van der Waals surface area (Å²) >= 11 is 0. The summed E-state index contributed by atoms with van der Waals surface area (Å²) in [5.74, 6) is 0.137. The van der Waals surface area contributed by atoms with Gasteiger partial charge in [-0.25, -0.2) is 0 Å². The van der Waals surface area contributed by atoms with Gasteiger partial charge in [-0.2, -0.15) is 0 Å². The molecule has 5 rings (SSSR count). The van der Waals surface area contributed by atoms with Crippen molar-refractivity contribution in [3.05, 3.63) is 77.6 Å². The zero-order chi connectivity index (χ0) is 29.0. The Morgan fingerprint density at radius 1 is 1.12 bits per heavy atom. The van der Waals surface area contributed by atoms with Gasteiger partial charge in [0.15, 0.2) is 8.32 Å². The molecule has 1 unspecified atom stereocenters. The van der Waals surface area contributed by atoms with Gasteiger partial charge in [0, 0.05) is 37.1 Å². The molecule has 2 aromatic carbocycles. The number of carbonyl (C=O) groups excluding carboxylic acids is 1. The van der Waals surface area contributed by atoms with Gasteiger partial charge in [-0.1, -0.05) is 54.6 Å². The molecular formula is C31H43N5O4Si. The number of rotatable bonds is 11. The minimum absolute atomic E-state index is 0.0333. The van der Waals surface area contributed by atoms with Crippen LogP contribution in [0.3, 0.4) is 0 Å². The Labute approximate surface area is 243 Å². The summed E-state index contributed by atoms with van der Waals surface area (Å²) in [5, 5.41) is 21.8. The molecule has 3 N–H and O–H groups in total. The first kappa shape index (κ1) is 29.6. The number of nitrogens with one attached hydrogen (secondary N) is 1. The van der Waals surface area contributed by atoms with Crippen molar-refractivity contribution in [2.24, 2.45) is 5.92 Å². The molecule has 10 heteroatoms. The number of aliphatic hydroxyl groups excluding tert-OH is 1. The van der Waals surface area contributed by atoms with Gasteiger partial charge < -0.3 is 24.9 Å². The fourth-order valence-electron chi connectivity index (χ4n) is 6.64. The topological polar surface area (TPSA) is 113 Å². The van der Waals surface area contributed by atoms with E-state index in [4.69, 9.17) is 4.74 Å². The van der Waals surface area contributed by atoms with Gasteiger partial charge in [0.25, 0.3) is 0 Å². The summed E-state index contributed by atoms with van der Waals surface area (Å²) in [5.41, 5.74) is 4.02. The van der Waals surface area contributed by atoms with E-state index in [0.29, 0.717) is 19.6 Å². The van der Waals surface area contributed by atoms with Crippen LogP contribution in [0.15, 0.2) is 60.8 Å². The minimum Gasteiger partial charge on any atom is -0.432 e. The van der Waals surface area contributed by atoms with E-state index >= 15 is 0 Å². The fraction of sp³-hybridized carbons (Fsp3) is 0.516. The average molecular weight is 578 g/mol. The second kappa shape index (κ2) is 13.0. The van der Waals surface area contributed by atoms with Crippen LogP contribution < -0.4 is 10.2 Å². The molecule has 5 atom stereocenters. The van der Waals surface area contributed by atoms with Gasteiger partial charge in [0.2, 0.25) is 5.91 Å².